The van der Waals surface area contributed by atoms with Gasteiger partial charge >= 0.3 is 0 Å². The summed E-state index contributed by atoms with van der Waals surface area (Å²) in [5.74, 6) is 0.640. The van der Waals surface area contributed by atoms with Gasteiger partial charge in [0.15, 0.2) is 0 Å². The van der Waals surface area contributed by atoms with Gasteiger partial charge in [0, 0.05) is 27.6 Å². The lowest BCUT2D eigenvalue weighted by Crippen LogP contribution is -1.97. The number of ether oxygens (including phenoxy) is 1. The lowest BCUT2D eigenvalue weighted by Gasteiger charge is -2.11. The molecule has 0 bridgehead atoms. The van der Waals surface area contributed by atoms with Gasteiger partial charge in [-0.05, 0) is 18.2 Å². The summed E-state index contributed by atoms with van der Waals surface area (Å²) in [6.45, 7) is 0. The molecule has 0 aliphatic carbocycles. The molecule has 75 valence electrons. The molecule has 1 aromatic carbocycles. The van der Waals surface area contributed by atoms with Crippen LogP contribution >= 0.6 is 11.8 Å². The highest BCUT2D eigenvalue weighted by atomic mass is 32.2. The van der Waals surface area contributed by atoms with Crippen LogP contribution in [-0.4, -0.2) is 6.29 Å². The number of hydrogen-bond acceptors (Lipinski definition) is 4. The SMILES string of the molecule is Nc1ccc(C2=CSC=CO2)c([C]=O)c1. The van der Waals surface area contributed by atoms with Gasteiger partial charge in [0.2, 0.25) is 6.29 Å². The smallest absolute Gasteiger partial charge is 0.234 e. The van der Waals surface area contributed by atoms with E-state index >= 15 is 0 Å². The molecule has 3 nitrogen and oxygen atoms in total. The Hall–Kier alpha value is -1.68. The Bertz CT molecular complexity index is 452. The summed E-state index contributed by atoms with van der Waals surface area (Å²) in [5.41, 5.74) is 7.23. The summed E-state index contributed by atoms with van der Waals surface area (Å²) < 4.78 is 5.29. The van der Waals surface area contributed by atoms with E-state index in [1.807, 2.05) is 17.1 Å². The van der Waals surface area contributed by atoms with Gasteiger partial charge in [-0.25, -0.2) is 0 Å². The molecular formula is C11H8NO2S. The van der Waals surface area contributed by atoms with Crippen LogP contribution in [-0.2, 0) is 9.53 Å². The zero-order valence-electron chi connectivity index (χ0n) is 7.77. The van der Waals surface area contributed by atoms with Crippen LogP contribution in [0.1, 0.15) is 11.1 Å². The molecule has 0 saturated heterocycles. The normalized spacial score (nSPS) is 14.3. The van der Waals surface area contributed by atoms with Gasteiger partial charge in [-0.15, -0.1) is 0 Å². The van der Waals surface area contributed by atoms with E-state index in [0.717, 1.165) is 0 Å². The molecule has 2 N–H and O–H groups in total. The molecule has 0 atom stereocenters. The highest BCUT2D eigenvalue weighted by molar-refractivity contribution is 8.05. The Labute approximate surface area is 91.6 Å². The first-order valence-corrected chi connectivity index (χ1v) is 5.21. The summed E-state index contributed by atoms with van der Waals surface area (Å²) in [6, 6.07) is 5.06. The van der Waals surface area contributed by atoms with Crippen molar-refractivity contribution in [2.24, 2.45) is 0 Å². The quantitative estimate of drug-likeness (QED) is 0.773. The molecule has 1 aliphatic rings. The van der Waals surface area contributed by atoms with Gasteiger partial charge in [0.05, 0.1) is 6.26 Å². The van der Waals surface area contributed by atoms with Crippen LogP contribution in [0, 0.1) is 0 Å². The van der Waals surface area contributed by atoms with Crippen LogP contribution in [0.25, 0.3) is 5.76 Å². The van der Waals surface area contributed by atoms with E-state index in [9.17, 15) is 4.79 Å². The van der Waals surface area contributed by atoms with Crippen molar-refractivity contribution in [2.45, 2.75) is 0 Å². The molecule has 15 heavy (non-hydrogen) atoms. The van der Waals surface area contributed by atoms with Crippen LogP contribution in [0.4, 0.5) is 5.69 Å². The van der Waals surface area contributed by atoms with Crippen LogP contribution in [0.3, 0.4) is 0 Å². The molecule has 1 aliphatic heterocycles. The van der Waals surface area contributed by atoms with Crippen molar-refractivity contribution in [3.63, 3.8) is 0 Å². The minimum Gasteiger partial charge on any atom is -0.463 e. The standard InChI is InChI=1S/C11H8NO2S/c12-9-1-2-10(8(5-9)6-13)11-7-15-4-3-14-11/h1-5,7H,12H2. The minimum atomic E-state index is 0.414. The predicted molar refractivity (Wildman–Crippen MR) is 61.4 cm³/mol. The molecule has 0 spiro atoms. The summed E-state index contributed by atoms with van der Waals surface area (Å²) in [4.78, 5) is 10.7. The fourth-order valence-corrected chi connectivity index (χ4v) is 1.75. The van der Waals surface area contributed by atoms with Gasteiger partial charge in [-0.1, -0.05) is 11.8 Å². The van der Waals surface area contributed by atoms with E-state index in [1.165, 1.54) is 11.8 Å². The number of anilines is 1. The molecule has 0 aromatic heterocycles. The molecule has 1 heterocycles. The Morgan fingerprint density at radius 2 is 2.27 bits per heavy atom. The van der Waals surface area contributed by atoms with E-state index in [4.69, 9.17) is 10.5 Å². The number of thioether (sulfide) groups is 1. The van der Waals surface area contributed by atoms with Crippen molar-refractivity contribution >= 4 is 29.5 Å². The topological polar surface area (TPSA) is 52.3 Å². The lowest BCUT2D eigenvalue weighted by molar-refractivity contribution is 0.437. The van der Waals surface area contributed by atoms with Crippen molar-refractivity contribution in [3.8, 4) is 0 Å². The van der Waals surface area contributed by atoms with Crippen molar-refractivity contribution in [1.29, 1.82) is 0 Å². The van der Waals surface area contributed by atoms with Gasteiger partial charge in [0.25, 0.3) is 0 Å². The zero-order chi connectivity index (χ0) is 10.7. The third-order valence-corrected chi connectivity index (χ3v) is 2.54. The number of nitrogens with two attached hydrogens (primary N) is 1. The first-order valence-electron chi connectivity index (χ1n) is 4.26. The Morgan fingerprint density at radius 1 is 1.40 bits per heavy atom. The van der Waals surface area contributed by atoms with Gasteiger partial charge in [0.1, 0.15) is 5.76 Å². The number of benzene rings is 1. The monoisotopic (exact) mass is 218 g/mol. The maximum Gasteiger partial charge on any atom is 0.234 e. The second kappa shape index (κ2) is 4.23. The fourth-order valence-electron chi connectivity index (χ4n) is 1.25. The molecule has 1 radical (unpaired) electrons. The molecule has 0 saturated carbocycles. The van der Waals surface area contributed by atoms with E-state index in [1.54, 1.807) is 24.5 Å². The maximum absolute atomic E-state index is 10.7. The molecule has 0 amide bonds. The number of hydrogen-bond donors (Lipinski definition) is 1. The largest absolute Gasteiger partial charge is 0.463 e. The molecule has 1 aromatic rings. The fraction of sp³-hybridized carbons (Fsp3) is 0. The summed E-state index contributed by atoms with van der Waals surface area (Å²) in [6.07, 6.45) is 3.42. The summed E-state index contributed by atoms with van der Waals surface area (Å²) in [5, 5.41) is 3.64. The third-order valence-electron chi connectivity index (χ3n) is 1.92. The second-order valence-electron chi connectivity index (χ2n) is 2.92. The van der Waals surface area contributed by atoms with Gasteiger partial charge in [-0.3, -0.25) is 4.79 Å². The maximum atomic E-state index is 10.7. The van der Waals surface area contributed by atoms with Crippen LogP contribution < -0.4 is 5.73 Å². The van der Waals surface area contributed by atoms with Crippen molar-refractivity contribution in [3.05, 3.63) is 46.4 Å². The Balaban J connectivity index is 2.43. The highest BCUT2D eigenvalue weighted by Gasteiger charge is 2.10. The van der Waals surface area contributed by atoms with Gasteiger partial charge in [-0.2, -0.15) is 0 Å². The molecular weight excluding hydrogens is 210 g/mol. The molecule has 0 fully saturated rings. The van der Waals surface area contributed by atoms with Crippen molar-refractivity contribution < 1.29 is 9.53 Å². The summed E-state index contributed by atoms with van der Waals surface area (Å²) >= 11 is 1.49. The van der Waals surface area contributed by atoms with Gasteiger partial charge < -0.3 is 10.5 Å². The minimum absolute atomic E-state index is 0.414. The average Bonchev–Trinajstić information content (AvgIpc) is 2.30. The van der Waals surface area contributed by atoms with Crippen LogP contribution in [0.15, 0.2) is 35.3 Å². The van der Waals surface area contributed by atoms with E-state index in [-0.39, 0.29) is 0 Å². The molecule has 4 heteroatoms. The number of carbonyl (C=O) groups excluding carboxylic acids is 1. The van der Waals surface area contributed by atoms with E-state index in [0.29, 0.717) is 22.6 Å². The first-order chi connectivity index (χ1) is 7.31. The van der Waals surface area contributed by atoms with Crippen LogP contribution in [0.2, 0.25) is 0 Å². The Morgan fingerprint density at radius 3 is 2.93 bits per heavy atom. The van der Waals surface area contributed by atoms with E-state index in [2.05, 4.69) is 0 Å². The zero-order valence-corrected chi connectivity index (χ0v) is 8.58. The van der Waals surface area contributed by atoms with Crippen molar-refractivity contribution in [1.82, 2.24) is 0 Å². The van der Waals surface area contributed by atoms with Crippen LogP contribution in [0.5, 0.6) is 0 Å². The third kappa shape index (κ3) is 2.05. The number of nitrogen functional groups attached to an aromatic ring is 1. The second-order valence-corrected chi connectivity index (χ2v) is 3.70. The van der Waals surface area contributed by atoms with E-state index < -0.39 is 0 Å². The predicted octanol–water partition coefficient (Wildman–Crippen LogP) is 2.26. The van der Waals surface area contributed by atoms with Crippen molar-refractivity contribution in [2.75, 3.05) is 5.73 Å². The first kappa shape index (κ1) is 9.86. The Kier molecular flexibility index (Phi) is 2.78. The summed E-state index contributed by atoms with van der Waals surface area (Å²) in [7, 11) is 0. The average molecular weight is 218 g/mol. The highest BCUT2D eigenvalue weighted by Crippen LogP contribution is 2.27. The molecule has 0 unspecified atom stereocenters. The molecule has 2 rings (SSSR count). The number of rotatable bonds is 2. The lowest BCUT2D eigenvalue weighted by atomic mass is 10.1.